The van der Waals surface area contributed by atoms with Crippen LogP contribution in [0.15, 0.2) is 11.4 Å². The lowest BCUT2D eigenvalue weighted by molar-refractivity contribution is -0.141. The van der Waals surface area contributed by atoms with Gasteiger partial charge < -0.3 is 10.0 Å². The molecular weight excluding hydrogens is 262 g/mol. The number of nitrogens with zero attached hydrogens (tertiary/aromatic N) is 1. The Bertz CT molecular complexity index is 479. The van der Waals surface area contributed by atoms with Gasteiger partial charge in [-0.2, -0.15) is 0 Å². The van der Waals surface area contributed by atoms with Crippen molar-refractivity contribution in [2.75, 3.05) is 6.54 Å². The molecule has 1 heterocycles. The molecule has 1 saturated carbocycles. The van der Waals surface area contributed by atoms with Crippen molar-refractivity contribution in [3.63, 3.8) is 0 Å². The summed E-state index contributed by atoms with van der Waals surface area (Å²) in [6.07, 6.45) is 2.81. The molecule has 104 valence electrons. The van der Waals surface area contributed by atoms with Gasteiger partial charge in [0, 0.05) is 12.6 Å². The van der Waals surface area contributed by atoms with Gasteiger partial charge in [0.2, 0.25) is 0 Å². The summed E-state index contributed by atoms with van der Waals surface area (Å²) >= 11 is 1.45. The number of hydrogen-bond acceptors (Lipinski definition) is 3. The second kappa shape index (κ2) is 5.74. The molecule has 0 aliphatic heterocycles. The van der Waals surface area contributed by atoms with E-state index < -0.39 is 11.9 Å². The van der Waals surface area contributed by atoms with Gasteiger partial charge in [-0.05, 0) is 36.3 Å². The van der Waals surface area contributed by atoms with E-state index in [0.29, 0.717) is 6.54 Å². The number of aryl methyl sites for hydroxylation is 1. The Labute approximate surface area is 117 Å². The Kier molecular flexibility index (Phi) is 4.24. The molecule has 1 aromatic rings. The number of aliphatic carboxylic acids is 1. The SMILES string of the molecule is CCc1ccsc1C(=O)N(C[C@H](C)C(=O)O)C1CC1. The molecular formula is C14H19NO3S. The van der Waals surface area contributed by atoms with Crippen LogP contribution in [0.25, 0.3) is 0 Å². The molecule has 0 bridgehead atoms. The molecule has 0 saturated heterocycles. The second-order valence-corrected chi connectivity index (χ2v) is 5.97. The molecule has 1 aliphatic carbocycles. The van der Waals surface area contributed by atoms with E-state index in [0.717, 1.165) is 29.7 Å². The highest BCUT2D eigenvalue weighted by Gasteiger charge is 2.35. The van der Waals surface area contributed by atoms with Crippen LogP contribution < -0.4 is 0 Å². The highest BCUT2D eigenvalue weighted by molar-refractivity contribution is 7.12. The topological polar surface area (TPSA) is 57.6 Å². The van der Waals surface area contributed by atoms with Gasteiger partial charge in [-0.3, -0.25) is 9.59 Å². The molecule has 0 radical (unpaired) electrons. The summed E-state index contributed by atoms with van der Waals surface area (Å²) in [5.41, 5.74) is 1.06. The van der Waals surface area contributed by atoms with Gasteiger partial charge in [0.25, 0.3) is 5.91 Å². The highest BCUT2D eigenvalue weighted by atomic mass is 32.1. The van der Waals surface area contributed by atoms with Crippen LogP contribution in [0.5, 0.6) is 0 Å². The standard InChI is InChI=1S/C14H19NO3S/c1-3-10-6-7-19-12(10)13(16)15(11-4-5-11)8-9(2)14(17)18/h6-7,9,11H,3-5,8H2,1-2H3,(H,17,18)/t9-/m0/s1. The van der Waals surface area contributed by atoms with Gasteiger partial charge in [-0.25, -0.2) is 0 Å². The zero-order chi connectivity index (χ0) is 14.0. The fraction of sp³-hybridized carbons (Fsp3) is 0.571. The maximum absolute atomic E-state index is 12.6. The van der Waals surface area contributed by atoms with E-state index in [4.69, 9.17) is 5.11 Å². The minimum atomic E-state index is -0.847. The largest absolute Gasteiger partial charge is 0.481 e. The molecule has 0 spiro atoms. The van der Waals surface area contributed by atoms with Crippen LogP contribution in [-0.2, 0) is 11.2 Å². The molecule has 1 atom stereocenters. The van der Waals surface area contributed by atoms with Crippen molar-refractivity contribution in [2.45, 2.75) is 39.2 Å². The number of carboxylic acid groups (broad SMARTS) is 1. The summed E-state index contributed by atoms with van der Waals surface area (Å²) < 4.78 is 0. The molecule has 0 aromatic carbocycles. The molecule has 1 fully saturated rings. The highest BCUT2D eigenvalue weighted by Crippen LogP contribution is 2.31. The third-order valence-corrected chi connectivity index (χ3v) is 4.41. The van der Waals surface area contributed by atoms with Gasteiger partial charge in [0.15, 0.2) is 0 Å². The van der Waals surface area contributed by atoms with E-state index >= 15 is 0 Å². The summed E-state index contributed by atoms with van der Waals surface area (Å²) in [4.78, 5) is 26.1. The average Bonchev–Trinajstić information content (AvgIpc) is 3.11. The van der Waals surface area contributed by atoms with Crippen LogP contribution in [0, 0.1) is 5.92 Å². The lowest BCUT2D eigenvalue weighted by atomic mass is 10.1. The Morgan fingerprint density at radius 3 is 2.74 bits per heavy atom. The number of carbonyl (C=O) groups excluding carboxylic acids is 1. The number of carbonyl (C=O) groups is 2. The Morgan fingerprint density at radius 2 is 2.21 bits per heavy atom. The van der Waals surface area contributed by atoms with Crippen LogP contribution in [0.3, 0.4) is 0 Å². The van der Waals surface area contributed by atoms with Crippen LogP contribution in [-0.4, -0.2) is 34.5 Å². The minimum absolute atomic E-state index is 0.00227. The maximum Gasteiger partial charge on any atom is 0.308 e. The number of amides is 1. The van der Waals surface area contributed by atoms with Crippen LogP contribution >= 0.6 is 11.3 Å². The second-order valence-electron chi connectivity index (χ2n) is 5.06. The summed E-state index contributed by atoms with van der Waals surface area (Å²) in [7, 11) is 0. The van der Waals surface area contributed by atoms with E-state index in [1.54, 1.807) is 11.8 Å². The monoisotopic (exact) mass is 281 g/mol. The summed E-state index contributed by atoms with van der Waals surface area (Å²) in [6, 6.07) is 2.21. The molecule has 19 heavy (non-hydrogen) atoms. The third kappa shape index (κ3) is 3.15. The first-order chi connectivity index (χ1) is 9.04. The van der Waals surface area contributed by atoms with Crippen LogP contribution in [0.1, 0.15) is 41.9 Å². The quantitative estimate of drug-likeness (QED) is 0.872. The number of thiophene rings is 1. The van der Waals surface area contributed by atoms with E-state index in [1.165, 1.54) is 11.3 Å². The first-order valence-electron chi connectivity index (χ1n) is 6.64. The van der Waals surface area contributed by atoms with Crippen molar-refractivity contribution in [3.8, 4) is 0 Å². The van der Waals surface area contributed by atoms with Gasteiger partial charge in [0.05, 0.1) is 10.8 Å². The normalized spacial score (nSPS) is 16.1. The van der Waals surface area contributed by atoms with Gasteiger partial charge >= 0.3 is 5.97 Å². The maximum atomic E-state index is 12.6. The molecule has 1 aromatic heterocycles. The van der Waals surface area contributed by atoms with Crippen molar-refractivity contribution in [1.82, 2.24) is 4.90 Å². The predicted octanol–water partition coefficient (Wildman–Crippen LogP) is 2.64. The third-order valence-electron chi connectivity index (χ3n) is 3.46. The fourth-order valence-electron chi connectivity index (χ4n) is 2.09. The zero-order valence-electron chi connectivity index (χ0n) is 11.3. The van der Waals surface area contributed by atoms with Crippen molar-refractivity contribution < 1.29 is 14.7 Å². The van der Waals surface area contributed by atoms with E-state index in [1.807, 2.05) is 18.4 Å². The van der Waals surface area contributed by atoms with Gasteiger partial charge in [-0.15, -0.1) is 11.3 Å². The molecule has 1 aliphatic rings. The van der Waals surface area contributed by atoms with Gasteiger partial charge in [-0.1, -0.05) is 13.8 Å². The van der Waals surface area contributed by atoms with Crippen LogP contribution in [0.4, 0.5) is 0 Å². The molecule has 2 rings (SSSR count). The lowest BCUT2D eigenvalue weighted by Crippen LogP contribution is -2.38. The minimum Gasteiger partial charge on any atom is -0.481 e. The predicted molar refractivity (Wildman–Crippen MR) is 74.6 cm³/mol. The number of rotatable bonds is 6. The fourth-order valence-corrected chi connectivity index (χ4v) is 3.04. The molecule has 4 nitrogen and oxygen atoms in total. The van der Waals surface area contributed by atoms with Gasteiger partial charge in [0.1, 0.15) is 0 Å². The van der Waals surface area contributed by atoms with E-state index in [-0.39, 0.29) is 11.9 Å². The first-order valence-corrected chi connectivity index (χ1v) is 7.52. The lowest BCUT2D eigenvalue weighted by Gasteiger charge is -2.24. The summed E-state index contributed by atoms with van der Waals surface area (Å²) in [5.74, 6) is -1.36. The Hall–Kier alpha value is -1.36. The van der Waals surface area contributed by atoms with Crippen molar-refractivity contribution in [3.05, 3.63) is 21.9 Å². The van der Waals surface area contributed by atoms with Crippen molar-refractivity contribution in [1.29, 1.82) is 0 Å². The molecule has 5 heteroatoms. The summed E-state index contributed by atoms with van der Waals surface area (Å²) in [6.45, 7) is 3.99. The Balaban J connectivity index is 2.15. The first kappa shape index (κ1) is 14.1. The van der Waals surface area contributed by atoms with Crippen molar-refractivity contribution >= 4 is 23.2 Å². The Morgan fingerprint density at radius 1 is 1.53 bits per heavy atom. The van der Waals surface area contributed by atoms with Crippen molar-refractivity contribution in [2.24, 2.45) is 5.92 Å². The molecule has 1 amide bonds. The number of carboxylic acids is 1. The molecule has 1 N–H and O–H groups in total. The van der Waals surface area contributed by atoms with E-state index in [9.17, 15) is 9.59 Å². The average molecular weight is 281 g/mol. The van der Waals surface area contributed by atoms with E-state index in [2.05, 4.69) is 0 Å². The zero-order valence-corrected chi connectivity index (χ0v) is 12.1. The number of hydrogen-bond donors (Lipinski definition) is 1. The van der Waals surface area contributed by atoms with Crippen LogP contribution in [0.2, 0.25) is 0 Å². The molecule has 0 unspecified atom stereocenters. The summed E-state index contributed by atoms with van der Waals surface area (Å²) in [5, 5.41) is 10.9. The smallest absolute Gasteiger partial charge is 0.308 e.